The average molecular weight is 545 g/mol. The molecule has 0 aliphatic heterocycles. The lowest BCUT2D eigenvalue weighted by atomic mass is 9.95. The molecule has 9 nitrogen and oxygen atoms in total. The number of amides is 1. The van der Waals surface area contributed by atoms with E-state index >= 15 is 0 Å². The van der Waals surface area contributed by atoms with Gasteiger partial charge in [0.25, 0.3) is 0 Å². The van der Waals surface area contributed by atoms with Gasteiger partial charge in [0.2, 0.25) is 5.91 Å². The Balaban J connectivity index is 1.50. The molecule has 1 aromatic carbocycles. The molecule has 1 aliphatic rings. The highest BCUT2D eigenvalue weighted by atomic mass is 32.2. The number of aromatic nitrogens is 3. The molecule has 0 saturated heterocycles. The molecule has 0 unspecified atom stereocenters. The van der Waals surface area contributed by atoms with Crippen LogP contribution >= 0.6 is 23.1 Å². The van der Waals surface area contributed by atoms with Gasteiger partial charge in [0.1, 0.15) is 5.00 Å². The Hall–Kier alpha value is -3.05. The van der Waals surface area contributed by atoms with Crippen molar-refractivity contribution in [1.82, 2.24) is 14.8 Å². The number of thioether (sulfide) groups is 1. The molecule has 1 N–H and O–H groups in total. The fourth-order valence-corrected chi connectivity index (χ4v) is 6.40. The molecule has 4 rings (SSSR count). The second-order valence-corrected chi connectivity index (χ2v) is 10.9. The van der Waals surface area contributed by atoms with Gasteiger partial charge in [-0.15, -0.1) is 21.5 Å². The first-order chi connectivity index (χ1) is 17.9. The van der Waals surface area contributed by atoms with E-state index in [1.54, 1.807) is 14.2 Å². The van der Waals surface area contributed by atoms with Crippen LogP contribution in [0.15, 0.2) is 23.4 Å². The summed E-state index contributed by atoms with van der Waals surface area (Å²) < 4.78 is 18.2. The SMILES string of the molecule is CCn1c(SCC(=O)Nc2sc3c(c2C(=O)OC(C)C)CCCC3)nnc1-c1ccc(OC)c(OC)c1. The minimum Gasteiger partial charge on any atom is -0.493 e. The van der Waals surface area contributed by atoms with Crippen LogP contribution in [0.4, 0.5) is 5.00 Å². The number of benzene rings is 1. The maximum absolute atomic E-state index is 13.0. The van der Waals surface area contributed by atoms with Gasteiger partial charge in [0.05, 0.1) is 31.6 Å². The van der Waals surface area contributed by atoms with Crippen molar-refractivity contribution in [2.24, 2.45) is 0 Å². The van der Waals surface area contributed by atoms with Gasteiger partial charge in [-0.3, -0.25) is 4.79 Å². The Bertz CT molecular complexity index is 1280. The number of nitrogens with zero attached hydrogens (tertiary/aromatic N) is 3. The van der Waals surface area contributed by atoms with E-state index in [1.807, 2.05) is 43.5 Å². The standard InChI is InChI=1S/C26H32N4O5S2/c1-6-30-23(16-11-12-18(33-4)19(13-16)34-5)28-29-26(30)36-14-21(31)27-24-22(25(32)35-15(2)3)17-9-7-8-10-20(17)37-24/h11-13,15H,6-10,14H2,1-5H3,(H,27,31). The van der Waals surface area contributed by atoms with Crippen LogP contribution < -0.4 is 14.8 Å². The number of hydrogen-bond donors (Lipinski definition) is 1. The van der Waals surface area contributed by atoms with Crippen molar-refractivity contribution in [3.8, 4) is 22.9 Å². The van der Waals surface area contributed by atoms with Crippen LogP contribution in [0.1, 0.15) is 54.4 Å². The number of nitrogens with one attached hydrogen (secondary N) is 1. The van der Waals surface area contributed by atoms with Gasteiger partial charge in [0.15, 0.2) is 22.5 Å². The van der Waals surface area contributed by atoms with Crippen LogP contribution in [0.3, 0.4) is 0 Å². The molecular weight excluding hydrogens is 512 g/mol. The van der Waals surface area contributed by atoms with E-state index < -0.39 is 0 Å². The summed E-state index contributed by atoms with van der Waals surface area (Å²) in [4.78, 5) is 27.0. The lowest BCUT2D eigenvalue weighted by molar-refractivity contribution is -0.113. The third-order valence-corrected chi connectivity index (χ3v) is 8.15. The molecule has 2 heterocycles. The molecule has 0 spiro atoms. The van der Waals surface area contributed by atoms with E-state index in [1.165, 1.54) is 23.1 Å². The van der Waals surface area contributed by atoms with Crippen molar-refractivity contribution in [3.05, 3.63) is 34.2 Å². The smallest absolute Gasteiger partial charge is 0.341 e. The monoisotopic (exact) mass is 544 g/mol. The van der Waals surface area contributed by atoms with Gasteiger partial charge in [-0.05, 0) is 70.2 Å². The van der Waals surface area contributed by atoms with Gasteiger partial charge in [0, 0.05) is 17.0 Å². The van der Waals surface area contributed by atoms with Crippen molar-refractivity contribution < 1.29 is 23.8 Å². The number of ether oxygens (including phenoxy) is 3. The van der Waals surface area contributed by atoms with Gasteiger partial charge in [-0.25, -0.2) is 4.79 Å². The number of carbonyl (C=O) groups is 2. The summed E-state index contributed by atoms with van der Waals surface area (Å²) in [7, 11) is 3.18. The van der Waals surface area contributed by atoms with E-state index in [0.717, 1.165) is 41.7 Å². The van der Waals surface area contributed by atoms with Gasteiger partial charge >= 0.3 is 5.97 Å². The molecule has 0 radical (unpaired) electrons. The molecule has 11 heteroatoms. The number of aryl methyl sites for hydroxylation is 1. The fourth-order valence-electron chi connectivity index (χ4n) is 4.31. The Morgan fingerprint density at radius 2 is 1.89 bits per heavy atom. The number of methoxy groups -OCH3 is 2. The molecular formula is C26H32N4O5S2. The largest absolute Gasteiger partial charge is 0.493 e. The maximum Gasteiger partial charge on any atom is 0.341 e. The minimum atomic E-state index is -0.373. The average Bonchev–Trinajstić information content (AvgIpc) is 3.47. The Labute approximate surface area is 224 Å². The van der Waals surface area contributed by atoms with Gasteiger partial charge in [-0.1, -0.05) is 11.8 Å². The van der Waals surface area contributed by atoms with E-state index in [0.29, 0.717) is 39.6 Å². The second-order valence-electron chi connectivity index (χ2n) is 8.83. The third-order valence-electron chi connectivity index (χ3n) is 5.98. The number of carbonyl (C=O) groups excluding carboxylic acids is 2. The quantitative estimate of drug-likeness (QED) is 0.274. The van der Waals surface area contributed by atoms with E-state index in [2.05, 4.69) is 15.5 Å². The van der Waals surface area contributed by atoms with Gasteiger partial charge in [-0.2, -0.15) is 0 Å². The van der Waals surface area contributed by atoms with Crippen LogP contribution in [0, 0.1) is 0 Å². The van der Waals surface area contributed by atoms with E-state index in [4.69, 9.17) is 14.2 Å². The van der Waals surface area contributed by atoms with Crippen molar-refractivity contribution in [3.63, 3.8) is 0 Å². The number of fused-ring (bicyclic) bond motifs is 1. The van der Waals surface area contributed by atoms with Crippen molar-refractivity contribution >= 4 is 40.0 Å². The van der Waals surface area contributed by atoms with Crippen molar-refractivity contribution in [2.45, 2.75) is 64.3 Å². The Morgan fingerprint density at radius 3 is 2.59 bits per heavy atom. The molecule has 0 atom stereocenters. The lowest BCUT2D eigenvalue weighted by Gasteiger charge is -2.14. The Kier molecular flexibility index (Phi) is 8.75. The number of esters is 1. The molecule has 198 valence electrons. The molecule has 3 aromatic rings. The number of hydrogen-bond acceptors (Lipinski definition) is 9. The van der Waals surface area contributed by atoms with Crippen LogP contribution in [-0.2, 0) is 28.9 Å². The molecule has 0 saturated carbocycles. The zero-order chi connectivity index (χ0) is 26.5. The first-order valence-corrected chi connectivity index (χ1v) is 14.1. The summed E-state index contributed by atoms with van der Waals surface area (Å²) in [5, 5.41) is 12.9. The second kappa shape index (κ2) is 12.0. The van der Waals surface area contributed by atoms with E-state index in [-0.39, 0.29) is 23.7 Å². The summed E-state index contributed by atoms with van der Waals surface area (Å²) in [6.07, 6.45) is 3.64. The number of thiophene rings is 1. The molecule has 37 heavy (non-hydrogen) atoms. The van der Waals surface area contributed by atoms with Crippen LogP contribution in [0.5, 0.6) is 11.5 Å². The minimum absolute atomic E-state index is 0.130. The summed E-state index contributed by atoms with van der Waals surface area (Å²) in [5.74, 6) is 1.46. The highest BCUT2D eigenvalue weighted by molar-refractivity contribution is 7.99. The van der Waals surface area contributed by atoms with Gasteiger partial charge < -0.3 is 24.1 Å². The summed E-state index contributed by atoms with van der Waals surface area (Å²) >= 11 is 2.79. The summed E-state index contributed by atoms with van der Waals surface area (Å²) in [6.45, 7) is 6.28. The Morgan fingerprint density at radius 1 is 1.14 bits per heavy atom. The van der Waals surface area contributed by atoms with Crippen molar-refractivity contribution in [2.75, 3.05) is 25.3 Å². The molecule has 1 aliphatic carbocycles. The first-order valence-electron chi connectivity index (χ1n) is 12.3. The topological polar surface area (TPSA) is 105 Å². The third kappa shape index (κ3) is 5.93. The van der Waals surface area contributed by atoms with Crippen LogP contribution in [0.2, 0.25) is 0 Å². The molecule has 0 fully saturated rings. The first kappa shape index (κ1) is 27.0. The summed E-state index contributed by atoms with van der Waals surface area (Å²) in [6, 6.07) is 5.58. The lowest BCUT2D eigenvalue weighted by Crippen LogP contribution is -2.19. The normalized spacial score (nSPS) is 12.8. The number of anilines is 1. The highest BCUT2D eigenvalue weighted by Gasteiger charge is 2.28. The van der Waals surface area contributed by atoms with Crippen LogP contribution in [0.25, 0.3) is 11.4 Å². The zero-order valence-electron chi connectivity index (χ0n) is 21.8. The molecule has 1 amide bonds. The predicted molar refractivity (Wildman–Crippen MR) is 145 cm³/mol. The fraction of sp³-hybridized carbons (Fsp3) is 0.462. The summed E-state index contributed by atoms with van der Waals surface area (Å²) in [5.41, 5.74) is 2.37. The highest BCUT2D eigenvalue weighted by Crippen LogP contribution is 2.39. The maximum atomic E-state index is 13.0. The molecule has 2 aromatic heterocycles. The zero-order valence-corrected chi connectivity index (χ0v) is 23.4. The molecule has 0 bridgehead atoms. The number of rotatable bonds is 10. The van der Waals surface area contributed by atoms with Crippen molar-refractivity contribution in [1.29, 1.82) is 0 Å². The predicted octanol–water partition coefficient (Wildman–Crippen LogP) is 5.22. The van der Waals surface area contributed by atoms with Crippen LogP contribution in [-0.4, -0.2) is 52.7 Å². The van der Waals surface area contributed by atoms with E-state index in [9.17, 15) is 9.59 Å².